The zero-order valence-electron chi connectivity index (χ0n) is 22.6. The van der Waals surface area contributed by atoms with Crippen LogP contribution in [0, 0.1) is 0 Å². The number of phenols is 1. The van der Waals surface area contributed by atoms with Crippen molar-refractivity contribution in [3.05, 3.63) is 65.7 Å². The number of benzene rings is 2. The first-order chi connectivity index (χ1) is 19.5. The fourth-order valence-corrected chi connectivity index (χ4v) is 4.33. The van der Waals surface area contributed by atoms with Gasteiger partial charge in [-0.15, -0.1) is 0 Å². The smallest absolute Gasteiger partial charge is 0.326 e. The van der Waals surface area contributed by atoms with Crippen LogP contribution < -0.4 is 21.7 Å². The summed E-state index contributed by atoms with van der Waals surface area (Å²) in [5, 5.41) is 35.8. The number of carboxylic acids is 2. The predicted octanol–water partition coefficient (Wildman–Crippen LogP) is 0.662. The highest BCUT2D eigenvalue weighted by Gasteiger charge is 2.30. The van der Waals surface area contributed by atoms with Crippen molar-refractivity contribution < 1.29 is 39.3 Å². The number of aliphatic carboxylic acids is 2. The number of hydrogen-bond donors (Lipinski definition) is 7. The van der Waals surface area contributed by atoms with Gasteiger partial charge in [0.2, 0.25) is 17.7 Å². The summed E-state index contributed by atoms with van der Waals surface area (Å²) in [5.41, 5.74) is 7.13. The van der Waals surface area contributed by atoms with Gasteiger partial charge in [-0.05, 0) is 48.1 Å². The first kappa shape index (κ1) is 33.1. The SMILES string of the molecule is CSCCC(NC(=O)C(Cc1ccccc1)NC(=O)C(Cc1ccc(O)cc1)NC(=O)C(N)CCC(=O)O)C(=O)O. The van der Waals surface area contributed by atoms with Gasteiger partial charge in [0.05, 0.1) is 6.04 Å². The molecule has 0 saturated carbocycles. The molecule has 0 aromatic heterocycles. The molecule has 2 aromatic rings. The van der Waals surface area contributed by atoms with E-state index in [1.165, 1.54) is 23.9 Å². The number of carboxylic acid groups (broad SMARTS) is 2. The number of rotatable bonds is 17. The maximum Gasteiger partial charge on any atom is 0.326 e. The van der Waals surface area contributed by atoms with Gasteiger partial charge in [0, 0.05) is 19.3 Å². The van der Waals surface area contributed by atoms with Crippen molar-refractivity contribution >= 4 is 41.4 Å². The molecule has 0 saturated heterocycles. The van der Waals surface area contributed by atoms with E-state index in [2.05, 4.69) is 16.0 Å². The Bertz CT molecular complexity index is 1180. The van der Waals surface area contributed by atoms with E-state index in [1.807, 2.05) is 6.26 Å². The minimum Gasteiger partial charge on any atom is -0.508 e. The van der Waals surface area contributed by atoms with Gasteiger partial charge >= 0.3 is 11.9 Å². The molecule has 4 atom stereocenters. The Hall–Kier alpha value is -4.10. The molecule has 0 aliphatic carbocycles. The Labute approximate surface area is 242 Å². The average Bonchev–Trinajstić information content (AvgIpc) is 2.94. The van der Waals surface area contributed by atoms with E-state index in [-0.39, 0.29) is 37.9 Å². The van der Waals surface area contributed by atoms with Crippen LogP contribution in [-0.4, -0.2) is 81.2 Å². The Morgan fingerprint density at radius 2 is 1.27 bits per heavy atom. The fraction of sp³-hybridized carbons (Fsp3) is 0.393. The maximum absolute atomic E-state index is 13.5. The zero-order chi connectivity index (χ0) is 30.4. The number of thioether (sulfide) groups is 1. The summed E-state index contributed by atoms with van der Waals surface area (Å²) in [5.74, 6) is -4.02. The molecule has 2 aromatic carbocycles. The summed E-state index contributed by atoms with van der Waals surface area (Å²) in [7, 11) is 0. The second-order valence-electron chi connectivity index (χ2n) is 9.40. The first-order valence-electron chi connectivity index (χ1n) is 12.9. The lowest BCUT2D eigenvalue weighted by atomic mass is 10.0. The Morgan fingerprint density at radius 1 is 0.756 bits per heavy atom. The first-order valence-corrected chi connectivity index (χ1v) is 14.3. The van der Waals surface area contributed by atoms with Crippen molar-refractivity contribution in [2.75, 3.05) is 12.0 Å². The third kappa shape index (κ3) is 11.9. The van der Waals surface area contributed by atoms with Crippen LogP contribution in [0.15, 0.2) is 54.6 Å². The second-order valence-corrected chi connectivity index (χ2v) is 10.4. The van der Waals surface area contributed by atoms with E-state index in [0.717, 1.165) is 0 Å². The standard InChI is InChI=1S/C28H36N4O8S/c1-41-14-13-21(28(39)40)30-26(37)23(15-17-5-3-2-4-6-17)32-27(38)22(16-18-7-9-19(33)10-8-18)31-25(36)20(29)11-12-24(34)35/h2-10,20-23,33H,11-16,29H2,1H3,(H,30,37)(H,31,36)(H,32,38)(H,34,35)(H,39,40). The Kier molecular flexibility index (Phi) is 13.6. The van der Waals surface area contributed by atoms with E-state index in [9.17, 15) is 34.2 Å². The van der Waals surface area contributed by atoms with Gasteiger partial charge in [-0.1, -0.05) is 42.5 Å². The van der Waals surface area contributed by atoms with E-state index in [4.69, 9.17) is 10.8 Å². The lowest BCUT2D eigenvalue weighted by Gasteiger charge is -2.25. The molecule has 13 heteroatoms. The number of nitrogens with one attached hydrogen (secondary N) is 3. The number of nitrogens with two attached hydrogens (primary N) is 1. The van der Waals surface area contributed by atoms with Crippen molar-refractivity contribution in [2.45, 2.75) is 56.3 Å². The molecule has 3 amide bonds. The van der Waals surface area contributed by atoms with Crippen molar-refractivity contribution in [2.24, 2.45) is 5.73 Å². The van der Waals surface area contributed by atoms with Crippen molar-refractivity contribution in [1.29, 1.82) is 0 Å². The minimum atomic E-state index is -1.22. The molecule has 0 radical (unpaired) electrons. The normalized spacial score (nSPS) is 13.7. The molecule has 0 aliphatic rings. The molecule has 0 bridgehead atoms. The van der Waals surface area contributed by atoms with Crippen LogP contribution in [-0.2, 0) is 36.8 Å². The molecule has 12 nitrogen and oxygen atoms in total. The van der Waals surface area contributed by atoms with Gasteiger partial charge in [0.15, 0.2) is 0 Å². The highest BCUT2D eigenvalue weighted by Crippen LogP contribution is 2.13. The fourth-order valence-electron chi connectivity index (χ4n) is 3.86. The van der Waals surface area contributed by atoms with Crippen molar-refractivity contribution in [3.8, 4) is 5.75 Å². The Morgan fingerprint density at radius 3 is 1.78 bits per heavy atom. The number of amides is 3. The van der Waals surface area contributed by atoms with E-state index in [1.54, 1.807) is 42.5 Å². The van der Waals surface area contributed by atoms with Crippen LogP contribution in [0.4, 0.5) is 0 Å². The van der Waals surface area contributed by atoms with Gasteiger partial charge in [-0.2, -0.15) is 11.8 Å². The summed E-state index contributed by atoms with van der Waals surface area (Å²) in [4.78, 5) is 62.2. The van der Waals surface area contributed by atoms with Gasteiger partial charge in [0.1, 0.15) is 23.9 Å². The molecule has 41 heavy (non-hydrogen) atoms. The highest BCUT2D eigenvalue weighted by molar-refractivity contribution is 7.98. The number of hydrogen-bond acceptors (Lipinski definition) is 8. The lowest BCUT2D eigenvalue weighted by Crippen LogP contribution is -2.58. The van der Waals surface area contributed by atoms with Crippen molar-refractivity contribution in [3.63, 3.8) is 0 Å². The van der Waals surface area contributed by atoms with Crippen LogP contribution in [0.1, 0.15) is 30.4 Å². The largest absolute Gasteiger partial charge is 0.508 e. The molecule has 0 aliphatic heterocycles. The van der Waals surface area contributed by atoms with Gasteiger partial charge in [0.25, 0.3) is 0 Å². The quantitative estimate of drug-likeness (QED) is 0.137. The van der Waals surface area contributed by atoms with E-state index in [0.29, 0.717) is 16.9 Å². The highest BCUT2D eigenvalue weighted by atomic mass is 32.2. The third-order valence-electron chi connectivity index (χ3n) is 6.16. The molecular formula is C28H36N4O8S. The summed E-state index contributed by atoms with van der Waals surface area (Å²) >= 11 is 1.43. The number of carbonyl (C=O) groups is 5. The van der Waals surface area contributed by atoms with Crippen molar-refractivity contribution in [1.82, 2.24) is 16.0 Å². The molecule has 0 spiro atoms. The molecule has 0 heterocycles. The number of aromatic hydroxyl groups is 1. The van der Waals surface area contributed by atoms with Crippen LogP contribution in [0.3, 0.4) is 0 Å². The van der Waals surface area contributed by atoms with E-state index < -0.39 is 53.8 Å². The Balaban J connectivity index is 2.30. The van der Waals surface area contributed by atoms with Crippen LogP contribution in [0.25, 0.3) is 0 Å². The predicted molar refractivity (Wildman–Crippen MR) is 153 cm³/mol. The third-order valence-corrected chi connectivity index (χ3v) is 6.80. The molecular weight excluding hydrogens is 552 g/mol. The molecule has 8 N–H and O–H groups in total. The number of phenolic OH excluding ortho intramolecular Hbond substituents is 1. The number of carbonyl (C=O) groups excluding carboxylic acids is 3. The van der Waals surface area contributed by atoms with E-state index >= 15 is 0 Å². The van der Waals surface area contributed by atoms with Crippen LogP contribution >= 0.6 is 11.8 Å². The summed E-state index contributed by atoms with van der Waals surface area (Å²) in [6, 6.07) is 10.0. The molecule has 4 unspecified atom stereocenters. The van der Waals surface area contributed by atoms with Gasteiger partial charge in [-0.3, -0.25) is 19.2 Å². The van der Waals surface area contributed by atoms with Crippen LogP contribution in [0.2, 0.25) is 0 Å². The molecule has 222 valence electrons. The summed E-state index contributed by atoms with van der Waals surface area (Å²) in [6.07, 6.45) is 1.52. The molecule has 2 rings (SSSR count). The summed E-state index contributed by atoms with van der Waals surface area (Å²) in [6.45, 7) is 0. The van der Waals surface area contributed by atoms with Gasteiger partial charge < -0.3 is 37.0 Å². The maximum atomic E-state index is 13.5. The summed E-state index contributed by atoms with van der Waals surface area (Å²) < 4.78 is 0. The van der Waals surface area contributed by atoms with Crippen LogP contribution in [0.5, 0.6) is 5.75 Å². The lowest BCUT2D eigenvalue weighted by molar-refractivity contribution is -0.142. The molecule has 0 fully saturated rings. The zero-order valence-corrected chi connectivity index (χ0v) is 23.4. The van der Waals surface area contributed by atoms with Gasteiger partial charge in [-0.25, -0.2) is 4.79 Å². The average molecular weight is 589 g/mol. The monoisotopic (exact) mass is 588 g/mol. The second kappa shape index (κ2) is 16.9. The minimum absolute atomic E-state index is 0.00327. The topological polar surface area (TPSA) is 208 Å².